The fraction of sp³-hybridized carbons (Fsp3) is 0.218. The van der Waals surface area contributed by atoms with Gasteiger partial charge in [-0.25, -0.2) is 0 Å². The second-order valence-corrected chi connectivity index (χ2v) is 18.8. The van der Waals surface area contributed by atoms with Crippen molar-refractivity contribution in [1.82, 2.24) is 4.57 Å². The maximum absolute atomic E-state index is 6.66. The van der Waals surface area contributed by atoms with Crippen LogP contribution in [-0.2, 0) is 37.3 Å². The van der Waals surface area contributed by atoms with E-state index in [1.807, 2.05) is 24.3 Å². The van der Waals surface area contributed by atoms with Crippen LogP contribution < -0.4 is 14.5 Å². The number of para-hydroxylation sites is 2. The summed E-state index contributed by atoms with van der Waals surface area (Å²) in [6, 6.07) is 60.5. The van der Waals surface area contributed by atoms with E-state index >= 15 is 0 Å². The van der Waals surface area contributed by atoms with E-state index in [0.717, 1.165) is 44.9 Å². The smallest absolute Gasteiger partial charge is 0.509 e. The zero-order valence-electron chi connectivity index (χ0n) is 35.9. The maximum atomic E-state index is 6.66. The Labute approximate surface area is 370 Å². The van der Waals surface area contributed by atoms with Crippen LogP contribution in [0.15, 0.2) is 140 Å². The normalized spacial score (nSPS) is 13.2. The van der Waals surface area contributed by atoms with Gasteiger partial charge < -0.3 is 19.1 Å². The van der Waals surface area contributed by atoms with Crippen LogP contribution in [0, 0.1) is 24.9 Å². The van der Waals surface area contributed by atoms with Crippen molar-refractivity contribution >= 4 is 44.6 Å². The zero-order chi connectivity index (χ0) is 41.3. The van der Waals surface area contributed by atoms with Gasteiger partial charge in [-0.15, -0.1) is 54.1 Å². The van der Waals surface area contributed by atoms with E-state index in [-0.39, 0.29) is 37.3 Å². The van der Waals surface area contributed by atoms with Crippen LogP contribution in [0.4, 0.5) is 22.7 Å². The number of hydrogen-bond donors (Lipinski definition) is 0. The minimum Gasteiger partial charge on any atom is -0.509 e. The van der Waals surface area contributed by atoms with Crippen molar-refractivity contribution in [2.24, 2.45) is 0 Å². The molecule has 7 aromatic carbocycles. The molecule has 0 fully saturated rings. The third-order valence-corrected chi connectivity index (χ3v) is 11.5. The summed E-state index contributed by atoms with van der Waals surface area (Å²) in [4.78, 5) is 4.49. The Kier molecular flexibility index (Phi) is 10.6. The van der Waals surface area contributed by atoms with Crippen molar-refractivity contribution in [2.75, 3.05) is 9.80 Å². The molecule has 0 amide bonds. The molecule has 4 nitrogen and oxygen atoms in total. The first-order valence-corrected chi connectivity index (χ1v) is 20.6. The van der Waals surface area contributed by atoms with Gasteiger partial charge in [-0.05, 0) is 68.7 Å². The van der Waals surface area contributed by atoms with Gasteiger partial charge in [0, 0.05) is 39.6 Å². The number of hydrogen-bond acceptors (Lipinski definition) is 3. The van der Waals surface area contributed by atoms with Crippen LogP contribution in [0.25, 0.3) is 38.6 Å². The Morgan fingerprint density at radius 1 is 0.500 bits per heavy atom. The number of rotatable bonds is 6. The van der Waals surface area contributed by atoms with Gasteiger partial charge in [0.15, 0.2) is 0 Å². The van der Waals surface area contributed by atoms with Crippen LogP contribution in [0.5, 0.6) is 11.5 Å². The van der Waals surface area contributed by atoms with Gasteiger partial charge in [0.25, 0.3) is 0 Å². The van der Waals surface area contributed by atoms with Crippen molar-refractivity contribution in [3.05, 3.63) is 181 Å². The fourth-order valence-electron chi connectivity index (χ4n) is 8.06. The van der Waals surface area contributed by atoms with Gasteiger partial charge in [0.1, 0.15) is 0 Å². The van der Waals surface area contributed by atoms with E-state index in [1.54, 1.807) is 0 Å². The molecule has 0 saturated carbocycles. The molecule has 0 radical (unpaired) electrons. The van der Waals surface area contributed by atoms with Crippen LogP contribution in [0.1, 0.15) is 79.0 Å². The molecule has 0 atom stereocenters. The molecular formula is C55H51N3OPt. The molecule has 0 bridgehead atoms. The number of nitrogens with zero attached hydrogens (tertiary/aromatic N) is 3. The van der Waals surface area contributed by atoms with Gasteiger partial charge in [0.2, 0.25) is 0 Å². The summed E-state index contributed by atoms with van der Waals surface area (Å²) in [5, 5.41) is 2.31. The average molecular weight is 965 g/mol. The third kappa shape index (κ3) is 7.67. The van der Waals surface area contributed by atoms with Crippen LogP contribution in [0.3, 0.4) is 0 Å². The number of benzene rings is 7. The monoisotopic (exact) mass is 964 g/mol. The zero-order valence-corrected chi connectivity index (χ0v) is 38.2. The number of aromatic nitrogens is 1. The summed E-state index contributed by atoms with van der Waals surface area (Å²) < 4.78 is 8.94. The van der Waals surface area contributed by atoms with Crippen LogP contribution in [0.2, 0.25) is 0 Å². The molecule has 0 aliphatic carbocycles. The Hall–Kier alpha value is -5.57. The average Bonchev–Trinajstić information content (AvgIpc) is 3.76. The van der Waals surface area contributed by atoms with Gasteiger partial charge in [-0.1, -0.05) is 134 Å². The minimum absolute atomic E-state index is 0. The molecule has 0 unspecified atom stereocenters. The Balaban J connectivity index is 0.00000499. The third-order valence-electron chi connectivity index (χ3n) is 11.5. The van der Waals surface area contributed by atoms with E-state index in [2.05, 4.69) is 217 Å². The van der Waals surface area contributed by atoms with E-state index in [4.69, 9.17) is 4.74 Å². The SMILES string of the molecule is CC(C)(C)c1cc[c-]c(-n2c3[c-]c(Oc4[c-]c(N5[CH-]N(c6ccc(C(C)(C)C)cc6-c6ccccc6)c6ccccc65)ccc4)ccc3c3cc(C(C)(C)C)ccc32)c1.[Pt+4]. The van der Waals surface area contributed by atoms with E-state index in [1.165, 1.54) is 33.2 Å². The molecule has 1 aromatic heterocycles. The molecule has 8 aromatic rings. The first kappa shape index (κ1) is 41.2. The predicted octanol–water partition coefficient (Wildman–Crippen LogP) is 14.9. The molecule has 1 aliphatic rings. The summed E-state index contributed by atoms with van der Waals surface area (Å²) in [6.45, 7) is 22.5. The van der Waals surface area contributed by atoms with Crippen molar-refractivity contribution in [2.45, 2.75) is 78.6 Å². The summed E-state index contributed by atoms with van der Waals surface area (Å²) in [6.07, 6.45) is 0. The summed E-state index contributed by atoms with van der Waals surface area (Å²) in [5.41, 5.74) is 13.4. The predicted molar refractivity (Wildman–Crippen MR) is 247 cm³/mol. The summed E-state index contributed by atoms with van der Waals surface area (Å²) in [7, 11) is 0. The van der Waals surface area contributed by atoms with Gasteiger partial charge in [-0.3, -0.25) is 0 Å². The van der Waals surface area contributed by atoms with Crippen molar-refractivity contribution in [3.8, 4) is 28.3 Å². The molecule has 9 rings (SSSR count). The number of ether oxygens (including phenoxy) is 1. The number of fused-ring (bicyclic) bond motifs is 4. The minimum atomic E-state index is -0.00770. The second kappa shape index (κ2) is 15.5. The van der Waals surface area contributed by atoms with Crippen molar-refractivity contribution < 1.29 is 25.8 Å². The summed E-state index contributed by atoms with van der Waals surface area (Å²) >= 11 is 0. The van der Waals surface area contributed by atoms with Gasteiger partial charge >= 0.3 is 21.1 Å². The van der Waals surface area contributed by atoms with E-state index < -0.39 is 0 Å². The Morgan fingerprint density at radius 2 is 1.13 bits per heavy atom. The van der Waals surface area contributed by atoms with E-state index in [9.17, 15) is 0 Å². The molecule has 302 valence electrons. The van der Waals surface area contributed by atoms with Gasteiger partial charge in [-0.2, -0.15) is 35.9 Å². The van der Waals surface area contributed by atoms with Crippen molar-refractivity contribution in [3.63, 3.8) is 0 Å². The molecule has 5 heteroatoms. The molecule has 60 heavy (non-hydrogen) atoms. The van der Waals surface area contributed by atoms with E-state index in [0.29, 0.717) is 11.5 Å². The first-order valence-electron chi connectivity index (χ1n) is 20.6. The van der Waals surface area contributed by atoms with Gasteiger partial charge in [0.05, 0.1) is 0 Å². The summed E-state index contributed by atoms with van der Waals surface area (Å²) in [5.74, 6) is 1.23. The molecule has 0 saturated heterocycles. The molecule has 0 N–H and O–H groups in total. The van der Waals surface area contributed by atoms with Crippen LogP contribution in [-0.4, -0.2) is 4.57 Å². The second-order valence-electron chi connectivity index (χ2n) is 18.8. The molecule has 0 spiro atoms. The fourth-order valence-corrected chi connectivity index (χ4v) is 8.06. The quantitative estimate of drug-likeness (QED) is 0.155. The first-order chi connectivity index (χ1) is 28.1. The molecular weight excluding hydrogens is 914 g/mol. The van der Waals surface area contributed by atoms with Crippen molar-refractivity contribution in [1.29, 1.82) is 0 Å². The topological polar surface area (TPSA) is 20.6 Å². The van der Waals surface area contributed by atoms with Crippen LogP contribution >= 0.6 is 0 Å². The maximum Gasteiger partial charge on any atom is 4.00 e. The largest absolute Gasteiger partial charge is 4.00 e. The molecule has 1 aliphatic heterocycles. The Morgan fingerprint density at radius 3 is 1.85 bits per heavy atom. The molecule has 2 heterocycles. The standard InChI is InChI=1S/C55H51N3O.Pt/c1-53(2,3)38-19-15-21-42(31-38)58-49-30-26-40(55(7,8)9)33-47(49)45-28-27-44(35-52(45)58)59-43-22-16-20-41(34-43)56-36-57(51-24-14-13-23-50(51)56)48-29-25-39(54(4,5)6)32-46(48)37-17-11-10-12-18-37;/h10-20,22-33,36H,1-9H3;/q-4;+4. The Bertz CT molecular complexity index is 2850. The number of anilines is 4.